The SMILES string of the molecule is CNC1CCN(C(=O)Cc2cn3c(C(=O)NCC45CC6CC(CC(C6)C4)C5)cccc3n2)C1. The van der Waals surface area contributed by atoms with E-state index >= 15 is 0 Å². The zero-order chi connectivity index (χ0) is 22.6. The van der Waals surface area contributed by atoms with Crippen molar-refractivity contribution >= 4 is 17.5 Å². The Hall–Kier alpha value is -2.41. The van der Waals surface area contributed by atoms with E-state index in [0.717, 1.165) is 49.5 Å². The molecule has 1 saturated heterocycles. The van der Waals surface area contributed by atoms with E-state index in [1.54, 1.807) is 0 Å². The lowest BCUT2D eigenvalue weighted by Crippen LogP contribution is -2.51. The summed E-state index contributed by atoms with van der Waals surface area (Å²) >= 11 is 0. The summed E-state index contributed by atoms with van der Waals surface area (Å²) < 4.78 is 1.85. The molecule has 5 aliphatic rings. The summed E-state index contributed by atoms with van der Waals surface area (Å²) in [5, 5.41) is 6.53. The van der Waals surface area contributed by atoms with Gasteiger partial charge in [0.15, 0.2) is 0 Å². The fourth-order valence-electron chi connectivity index (χ4n) is 7.69. The molecule has 1 atom stereocenters. The molecule has 7 nitrogen and oxygen atoms in total. The number of hydrogen-bond donors (Lipinski definition) is 2. The van der Waals surface area contributed by atoms with Crippen molar-refractivity contribution in [3.63, 3.8) is 0 Å². The number of nitrogens with zero attached hydrogens (tertiary/aromatic N) is 3. The molecule has 2 amide bonds. The van der Waals surface area contributed by atoms with Gasteiger partial charge >= 0.3 is 0 Å². The van der Waals surface area contributed by atoms with E-state index in [2.05, 4.69) is 15.6 Å². The highest BCUT2D eigenvalue weighted by atomic mass is 16.2. The smallest absolute Gasteiger partial charge is 0.268 e. The lowest BCUT2D eigenvalue weighted by molar-refractivity contribution is -0.129. The number of amides is 2. The molecular formula is C26H35N5O2. The van der Waals surface area contributed by atoms with Gasteiger partial charge < -0.3 is 15.5 Å². The van der Waals surface area contributed by atoms with Crippen LogP contribution in [0.2, 0.25) is 0 Å². The minimum atomic E-state index is -0.0389. The normalized spacial score (nSPS) is 32.6. The van der Waals surface area contributed by atoms with Crippen molar-refractivity contribution in [3.8, 4) is 0 Å². The van der Waals surface area contributed by atoms with Gasteiger partial charge in [0.1, 0.15) is 11.3 Å². The Morgan fingerprint density at radius 1 is 1.12 bits per heavy atom. The molecule has 5 fully saturated rings. The average Bonchev–Trinajstić information content (AvgIpc) is 3.43. The number of rotatable bonds is 6. The first kappa shape index (κ1) is 21.1. The molecule has 2 N–H and O–H groups in total. The molecule has 1 unspecified atom stereocenters. The molecule has 4 aliphatic carbocycles. The Morgan fingerprint density at radius 2 is 1.85 bits per heavy atom. The van der Waals surface area contributed by atoms with E-state index < -0.39 is 0 Å². The number of fused-ring (bicyclic) bond motifs is 1. The van der Waals surface area contributed by atoms with Crippen molar-refractivity contribution in [2.45, 2.75) is 57.4 Å². The Bertz CT molecular complexity index is 1040. The molecule has 7 heteroatoms. The third-order valence-electron chi connectivity index (χ3n) is 8.85. The summed E-state index contributed by atoms with van der Waals surface area (Å²) in [4.78, 5) is 32.5. The van der Waals surface area contributed by atoms with Gasteiger partial charge in [-0.1, -0.05) is 6.07 Å². The number of carbonyl (C=O) groups excluding carboxylic acids is 2. The Kier molecular flexibility index (Phi) is 5.20. The lowest BCUT2D eigenvalue weighted by atomic mass is 9.49. The molecule has 2 aromatic heterocycles. The molecule has 4 saturated carbocycles. The topological polar surface area (TPSA) is 78.7 Å². The first-order valence-corrected chi connectivity index (χ1v) is 12.7. The monoisotopic (exact) mass is 449 g/mol. The van der Waals surface area contributed by atoms with E-state index in [1.807, 2.05) is 40.7 Å². The third kappa shape index (κ3) is 3.94. The molecule has 0 radical (unpaired) electrons. The second-order valence-electron chi connectivity index (χ2n) is 11.3. The Balaban J connectivity index is 1.14. The highest BCUT2D eigenvalue weighted by Gasteiger charge is 2.50. The zero-order valence-corrected chi connectivity index (χ0v) is 19.6. The van der Waals surface area contributed by atoms with Crippen LogP contribution in [0.25, 0.3) is 5.65 Å². The maximum absolute atomic E-state index is 13.2. The maximum Gasteiger partial charge on any atom is 0.268 e. The molecule has 0 spiro atoms. The molecule has 7 rings (SSSR count). The third-order valence-corrected chi connectivity index (χ3v) is 8.85. The molecule has 4 bridgehead atoms. The lowest BCUT2D eigenvalue weighted by Gasteiger charge is -2.56. The van der Waals surface area contributed by atoms with Crippen molar-refractivity contribution in [3.05, 3.63) is 35.8 Å². The van der Waals surface area contributed by atoms with Crippen molar-refractivity contribution in [1.82, 2.24) is 24.9 Å². The first-order valence-electron chi connectivity index (χ1n) is 12.7. The number of likely N-dealkylation sites (N-methyl/N-ethyl adjacent to an activating group) is 1. The minimum Gasteiger partial charge on any atom is -0.350 e. The van der Waals surface area contributed by atoms with Gasteiger partial charge in [0, 0.05) is 31.9 Å². The van der Waals surface area contributed by atoms with Gasteiger partial charge in [-0.05, 0) is 87.3 Å². The molecule has 3 heterocycles. The number of pyridine rings is 1. The summed E-state index contributed by atoms with van der Waals surface area (Å²) in [6.07, 6.45) is 11.2. The van der Waals surface area contributed by atoms with Gasteiger partial charge in [-0.2, -0.15) is 0 Å². The van der Waals surface area contributed by atoms with E-state index in [9.17, 15) is 9.59 Å². The van der Waals surface area contributed by atoms with Crippen LogP contribution in [-0.2, 0) is 11.2 Å². The van der Waals surface area contributed by atoms with Crippen molar-refractivity contribution in [1.29, 1.82) is 0 Å². The van der Waals surface area contributed by atoms with Crippen LogP contribution in [0.1, 0.15) is 61.1 Å². The largest absolute Gasteiger partial charge is 0.350 e. The van der Waals surface area contributed by atoms with Crippen LogP contribution in [0.3, 0.4) is 0 Å². The predicted molar refractivity (Wildman–Crippen MR) is 126 cm³/mol. The van der Waals surface area contributed by atoms with Crippen LogP contribution >= 0.6 is 0 Å². The fourth-order valence-corrected chi connectivity index (χ4v) is 7.69. The number of imidazole rings is 1. The second kappa shape index (κ2) is 8.12. The number of hydrogen-bond acceptors (Lipinski definition) is 4. The minimum absolute atomic E-state index is 0.0389. The molecular weight excluding hydrogens is 414 g/mol. The van der Waals surface area contributed by atoms with Gasteiger partial charge in [0.2, 0.25) is 5.91 Å². The van der Waals surface area contributed by atoms with Crippen LogP contribution in [0.5, 0.6) is 0 Å². The number of aromatic nitrogens is 2. The molecule has 2 aromatic rings. The van der Waals surface area contributed by atoms with Crippen molar-refractivity contribution in [2.24, 2.45) is 23.2 Å². The van der Waals surface area contributed by atoms with Gasteiger partial charge in [-0.15, -0.1) is 0 Å². The van der Waals surface area contributed by atoms with Crippen LogP contribution < -0.4 is 10.6 Å². The number of nitrogens with one attached hydrogen (secondary N) is 2. The summed E-state index contributed by atoms with van der Waals surface area (Å²) in [7, 11) is 1.94. The summed E-state index contributed by atoms with van der Waals surface area (Å²) in [5.41, 5.74) is 2.34. The fraction of sp³-hybridized carbons (Fsp3) is 0.654. The first-order chi connectivity index (χ1) is 16.0. The van der Waals surface area contributed by atoms with Crippen LogP contribution in [-0.4, -0.2) is 58.8 Å². The summed E-state index contributed by atoms with van der Waals surface area (Å²) in [6.45, 7) is 2.32. The highest BCUT2D eigenvalue weighted by Crippen LogP contribution is 2.59. The second-order valence-corrected chi connectivity index (χ2v) is 11.3. The van der Waals surface area contributed by atoms with Gasteiger partial charge in [-0.3, -0.25) is 14.0 Å². The molecule has 0 aromatic carbocycles. The summed E-state index contributed by atoms with van der Waals surface area (Å²) in [6, 6.07) is 6.01. The summed E-state index contributed by atoms with van der Waals surface area (Å²) in [5.74, 6) is 2.70. The predicted octanol–water partition coefficient (Wildman–Crippen LogP) is 2.64. The zero-order valence-electron chi connectivity index (χ0n) is 19.6. The molecule has 33 heavy (non-hydrogen) atoms. The highest BCUT2D eigenvalue weighted by molar-refractivity contribution is 5.93. The molecule has 176 valence electrons. The van der Waals surface area contributed by atoms with E-state index in [1.165, 1.54) is 38.5 Å². The van der Waals surface area contributed by atoms with Crippen LogP contribution in [0.15, 0.2) is 24.4 Å². The van der Waals surface area contributed by atoms with Gasteiger partial charge in [0.25, 0.3) is 5.91 Å². The van der Waals surface area contributed by atoms with Crippen LogP contribution in [0.4, 0.5) is 0 Å². The number of carbonyl (C=O) groups is 2. The van der Waals surface area contributed by atoms with Crippen molar-refractivity contribution in [2.75, 3.05) is 26.7 Å². The van der Waals surface area contributed by atoms with Crippen molar-refractivity contribution < 1.29 is 9.59 Å². The Labute approximate surface area is 195 Å². The quantitative estimate of drug-likeness (QED) is 0.711. The van der Waals surface area contributed by atoms with E-state index in [4.69, 9.17) is 0 Å². The van der Waals surface area contributed by atoms with Gasteiger partial charge in [-0.25, -0.2) is 4.98 Å². The molecule has 1 aliphatic heterocycles. The Morgan fingerprint density at radius 3 is 2.52 bits per heavy atom. The van der Waals surface area contributed by atoms with E-state index in [0.29, 0.717) is 22.8 Å². The van der Waals surface area contributed by atoms with E-state index in [-0.39, 0.29) is 18.2 Å². The average molecular weight is 450 g/mol. The number of likely N-dealkylation sites (tertiary alicyclic amines) is 1. The van der Waals surface area contributed by atoms with Gasteiger partial charge in [0.05, 0.1) is 12.1 Å². The maximum atomic E-state index is 13.2. The van der Waals surface area contributed by atoms with Crippen LogP contribution in [0, 0.1) is 23.2 Å². The standard InChI is InChI=1S/C26H35N5O2/c1-27-20-5-6-30(14-20)24(32)10-21-15-31-22(3-2-4-23(31)29-21)25(33)28-16-26-11-17-7-18(12-26)9-19(8-17)13-26/h2-4,15,17-20,27H,5-14,16H2,1H3,(H,28,33).